The predicted octanol–water partition coefficient (Wildman–Crippen LogP) is 5.38. The monoisotopic (exact) mass is 541 g/mol. The molecule has 0 bridgehead atoms. The van der Waals surface area contributed by atoms with Crippen molar-refractivity contribution in [3.63, 3.8) is 0 Å². The average Bonchev–Trinajstić information content (AvgIpc) is 3.48. The first-order valence-corrected chi connectivity index (χ1v) is 14.3. The lowest BCUT2D eigenvalue weighted by Gasteiger charge is -2.34. The van der Waals surface area contributed by atoms with Crippen molar-refractivity contribution >= 4 is 32.7 Å². The number of nitrogens with two attached hydrogens (primary N) is 1. The summed E-state index contributed by atoms with van der Waals surface area (Å²) < 4.78 is 53.4. The van der Waals surface area contributed by atoms with E-state index in [1.54, 1.807) is 45.0 Å². The average molecular weight is 542 g/mol. The van der Waals surface area contributed by atoms with Crippen molar-refractivity contribution in [1.29, 1.82) is 0 Å². The van der Waals surface area contributed by atoms with Crippen molar-refractivity contribution in [3.8, 4) is 17.0 Å². The molecule has 1 aliphatic carbocycles. The molecule has 0 radical (unpaired) electrons. The fraction of sp³-hybridized carbons (Fsp3) is 0.429. The van der Waals surface area contributed by atoms with Gasteiger partial charge in [-0.25, -0.2) is 22.2 Å². The molecular formula is C28H32FN3O5S. The molecule has 10 heteroatoms. The van der Waals surface area contributed by atoms with Crippen LogP contribution in [0.3, 0.4) is 0 Å². The Labute approximate surface area is 221 Å². The zero-order valence-corrected chi connectivity index (χ0v) is 22.8. The summed E-state index contributed by atoms with van der Waals surface area (Å²) in [4.78, 5) is 17.9. The molecule has 2 aromatic carbocycles. The van der Waals surface area contributed by atoms with Crippen LogP contribution in [0.1, 0.15) is 58.1 Å². The maximum atomic E-state index is 15.2. The number of ether oxygens (including phenoxy) is 2. The predicted molar refractivity (Wildman–Crippen MR) is 145 cm³/mol. The third kappa shape index (κ3) is 4.24. The first-order chi connectivity index (χ1) is 17.9. The molecule has 2 heterocycles. The molecule has 8 nitrogen and oxygen atoms in total. The number of fused-ring (bicyclic) bond motifs is 1. The fourth-order valence-corrected chi connectivity index (χ4v) is 7.85. The quantitative estimate of drug-likeness (QED) is 0.476. The van der Waals surface area contributed by atoms with Crippen molar-refractivity contribution in [3.05, 3.63) is 53.8 Å². The Hall–Kier alpha value is -3.40. The number of aliphatic imine (C=N–C) groups is 1. The van der Waals surface area contributed by atoms with E-state index in [4.69, 9.17) is 15.2 Å². The first-order valence-electron chi connectivity index (χ1n) is 12.6. The van der Waals surface area contributed by atoms with E-state index >= 15 is 4.39 Å². The number of hydrogen-bond donors (Lipinski definition) is 1. The van der Waals surface area contributed by atoms with E-state index in [2.05, 4.69) is 4.99 Å². The van der Waals surface area contributed by atoms with Crippen molar-refractivity contribution in [2.24, 2.45) is 10.7 Å². The summed E-state index contributed by atoms with van der Waals surface area (Å²) in [6, 6.07) is 10.5. The van der Waals surface area contributed by atoms with Gasteiger partial charge in [-0.1, -0.05) is 25.0 Å². The van der Waals surface area contributed by atoms with Crippen LogP contribution in [-0.2, 0) is 14.6 Å². The Bertz CT molecular complexity index is 1560. The molecule has 3 aromatic rings. The van der Waals surface area contributed by atoms with E-state index in [0.29, 0.717) is 35.4 Å². The topological polar surface area (TPSA) is 113 Å². The van der Waals surface area contributed by atoms with E-state index in [9.17, 15) is 13.2 Å². The number of sulfone groups is 1. The molecule has 1 unspecified atom stereocenters. The Morgan fingerprint density at radius 2 is 1.87 bits per heavy atom. The Kier molecular flexibility index (Phi) is 6.29. The number of rotatable bonds is 3. The minimum Gasteiger partial charge on any atom is -0.495 e. The van der Waals surface area contributed by atoms with Crippen LogP contribution in [-0.4, -0.2) is 48.1 Å². The second kappa shape index (κ2) is 9.11. The molecule has 202 valence electrons. The highest BCUT2D eigenvalue weighted by atomic mass is 32.2. The molecule has 38 heavy (non-hydrogen) atoms. The smallest absolute Gasteiger partial charge is 0.419 e. The van der Waals surface area contributed by atoms with E-state index in [1.807, 2.05) is 12.1 Å². The fourth-order valence-electron chi connectivity index (χ4n) is 5.58. The minimum atomic E-state index is -3.65. The van der Waals surface area contributed by atoms with E-state index in [0.717, 1.165) is 18.2 Å². The Morgan fingerprint density at radius 1 is 1.16 bits per heavy atom. The molecule has 1 spiro atoms. The lowest BCUT2D eigenvalue weighted by atomic mass is 10.0. The number of amidine groups is 1. The number of halogens is 1. The van der Waals surface area contributed by atoms with Crippen molar-refractivity contribution in [2.75, 3.05) is 12.9 Å². The molecule has 5 rings (SSSR count). The first kappa shape index (κ1) is 26.2. The number of carbonyl (C=O) groups excluding carboxylic acids is 1. The van der Waals surface area contributed by atoms with Gasteiger partial charge in [0.25, 0.3) is 0 Å². The van der Waals surface area contributed by atoms with Gasteiger partial charge in [0.2, 0.25) is 0 Å². The third-order valence-corrected chi connectivity index (χ3v) is 9.94. The van der Waals surface area contributed by atoms with Crippen molar-refractivity contribution in [2.45, 2.75) is 62.8 Å². The van der Waals surface area contributed by atoms with Gasteiger partial charge in [-0.05, 0) is 69.5 Å². The summed E-state index contributed by atoms with van der Waals surface area (Å²) in [6.07, 6.45) is 1.80. The van der Waals surface area contributed by atoms with Gasteiger partial charge >= 0.3 is 6.09 Å². The zero-order chi connectivity index (χ0) is 27.5. The van der Waals surface area contributed by atoms with Crippen molar-refractivity contribution in [1.82, 2.24) is 4.57 Å². The zero-order valence-electron chi connectivity index (χ0n) is 22.0. The number of aromatic nitrogens is 1. The van der Waals surface area contributed by atoms with Gasteiger partial charge in [0, 0.05) is 10.9 Å². The molecule has 0 amide bonds. The molecule has 0 saturated heterocycles. The number of para-hydroxylation sites is 1. The second-order valence-electron chi connectivity index (χ2n) is 11.0. The summed E-state index contributed by atoms with van der Waals surface area (Å²) in [5, 5.41) is 0.724. The van der Waals surface area contributed by atoms with Crippen LogP contribution in [0, 0.1) is 5.82 Å². The summed E-state index contributed by atoms with van der Waals surface area (Å²) in [7, 11) is -2.14. The van der Waals surface area contributed by atoms with Crippen LogP contribution in [0.5, 0.6) is 5.75 Å². The highest BCUT2D eigenvalue weighted by molar-refractivity contribution is 7.93. The molecule has 2 N–H and O–H groups in total. The summed E-state index contributed by atoms with van der Waals surface area (Å²) >= 11 is 0. The summed E-state index contributed by atoms with van der Waals surface area (Å²) in [6.45, 7) is 5.31. The van der Waals surface area contributed by atoms with E-state index in [1.165, 1.54) is 17.7 Å². The molecule has 1 atom stereocenters. The lowest BCUT2D eigenvalue weighted by Crippen LogP contribution is -2.53. The highest BCUT2D eigenvalue weighted by Crippen LogP contribution is 2.44. The van der Waals surface area contributed by atoms with Crippen LogP contribution in [0.4, 0.5) is 9.18 Å². The van der Waals surface area contributed by atoms with Crippen LogP contribution < -0.4 is 10.5 Å². The molecule has 1 aromatic heterocycles. The third-order valence-electron chi connectivity index (χ3n) is 7.38. The second-order valence-corrected chi connectivity index (χ2v) is 13.3. The van der Waals surface area contributed by atoms with Gasteiger partial charge in [0.05, 0.1) is 24.6 Å². The van der Waals surface area contributed by atoms with E-state index in [-0.39, 0.29) is 17.2 Å². The summed E-state index contributed by atoms with van der Waals surface area (Å²) in [5.41, 5.74) is 7.05. The molecule has 2 aliphatic rings. The summed E-state index contributed by atoms with van der Waals surface area (Å²) in [5.74, 6) is -0.384. The number of hydrogen-bond acceptors (Lipinski definition) is 7. The Balaban J connectivity index is 1.66. The Morgan fingerprint density at radius 3 is 2.50 bits per heavy atom. The van der Waals surface area contributed by atoms with E-state index < -0.39 is 38.1 Å². The van der Waals surface area contributed by atoms with Gasteiger partial charge < -0.3 is 15.2 Å². The minimum absolute atomic E-state index is 0.0589. The number of carbonyl (C=O) groups is 1. The largest absolute Gasteiger partial charge is 0.495 e. The standard InChI is InChI=1S/C28H32FN3O5S/c1-27(2,3)37-26(33)32-22(15-18-8-7-9-23(36-4)24(18)32)17-10-11-20(29)19(14-17)21-16-38(34,35)28(25(30)31-21)12-5-6-13-28/h7-11,14-15,21H,5-6,12-13,16H2,1-4H3,(H2,30,31). The van der Waals surface area contributed by atoms with Gasteiger partial charge in [-0.3, -0.25) is 4.99 Å². The maximum absolute atomic E-state index is 15.2. The van der Waals surface area contributed by atoms with Gasteiger partial charge in [-0.15, -0.1) is 0 Å². The van der Waals surface area contributed by atoms with Crippen LogP contribution in [0.25, 0.3) is 22.2 Å². The number of benzene rings is 2. The van der Waals surface area contributed by atoms with Crippen LogP contribution in [0.15, 0.2) is 47.5 Å². The molecule has 1 fully saturated rings. The molecule has 1 saturated carbocycles. The van der Waals surface area contributed by atoms with Crippen molar-refractivity contribution < 1.29 is 27.1 Å². The maximum Gasteiger partial charge on any atom is 0.419 e. The normalized spacial score (nSPS) is 20.4. The molecular weight excluding hydrogens is 509 g/mol. The number of methoxy groups -OCH3 is 1. The highest BCUT2D eigenvalue weighted by Gasteiger charge is 2.52. The SMILES string of the molecule is COc1cccc2cc(-c3ccc(F)c(C4CS(=O)(=O)C5(CCCC5)C(N)=N4)c3)n(C(=O)OC(C)(C)C)c12. The van der Waals surface area contributed by atoms with Gasteiger partial charge in [0.1, 0.15) is 33.3 Å². The lowest BCUT2D eigenvalue weighted by molar-refractivity contribution is 0.0546. The van der Waals surface area contributed by atoms with Crippen LogP contribution in [0.2, 0.25) is 0 Å². The van der Waals surface area contributed by atoms with Gasteiger partial charge in [-0.2, -0.15) is 0 Å². The van der Waals surface area contributed by atoms with Gasteiger partial charge in [0.15, 0.2) is 9.84 Å². The number of nitrogens with zero attached hydrogens (tertiary/aromatic N) is 2. The molecule has 1 aliphatic heterocycles. The van der Waals surface area contributed by atoms with Crippen LogP contribution >= 0.6 is 0 Å².